The van der Waals surface area contributed by atoms with Crippen LogP contribution in [0.2, 0.25) is 0 Å². The summed E-state index contributed by atoms with van der Waals surface area (Å²) in [7, 11) is 0. The summed E-state index contributed by atoms with van der Waals surface area (Å²) in [6.07, 6.45) is 1.71. The van der Waals surface area contributed by atoms with Crippen LogP contribution in [-0.4, -0.2) is 22.5 Å². The molecular weight excluding hydrogens is 322 g/mol. The summed E-state index contributed by atoms with van der Waals surface area (Å²) in [5.41, 5.74) is 3.61. The maximum Gasteiger partial charge on any atom is 0.264 e. The second-order valence-corrected chi connectivity index (χ2v) is 6.22. The number of nitrogens with zero attached hydrogens (tertiary/aromatic N) is 2. The Labute approximate surface area is 144 Å². The molecule has 2 aromatic heterocycles. The van der Waals surface area contributed by atoms with E-state index in [1.54, 1.807) is 6.20 Å². The van der Waals surface area contributed by atoms with Gasteiger partial charge in [0, 0.05) is 11.6 Å². The van der Waals surface area contributed by atoms with E-state index in [0.29, 0.717) is 5.13 Å². The van der Waals surface area contributed by atoms with Crippen molar-refractivity contribution in [1.29, 1.82) is 0 Å². The Hall–Kier alpha value is -2.73. The molecule has 0 aliphatic rings. The van der Waals surface area contributed by atoms with Crippen LogP contribution in [0.5, 0.6) is 5.75 Å². The summed E-state index contributed by atoms with van der Waals surface area (Å²) >= 11 is 1.36. The molecule has 0 aliphatic carbocycles. The number of carbonyl (C=O) groups excluding carboxylic acids is 1. The molecule has 0 bridgehead atoms. The first-order valence-electron chi connectivity index (χ1n) is 7.48. The van der Waals surface area contributed by atoms with E-state index in [0.717, 1.165) is 28.3 Å². The van der Waals surface area contributed by atoms with E-state index in [2.05, 4.69) is 15.3 Å². The number of nitrogens with one attached hydrogen (secondary N) is 1. The largest absolute Gasteiger partial charge is 0.483 e. The van der Waals surface area contributed by atoms with Crippen LogP contribution in [0.4, 0.5) is 5.13 Å². The third kappa shape index (κ3) is 3.97. The van der Waals surface area contributed by atoms with Gasteiger partial charge in [0.25, 0.3) is 5.91 Å². The molecule has 0 atom stereocenters. The lowest BCUT2D eigenvalue weighted by Gasteiger charge is -2.09. The van der Waals surface area contributed by atoms with Gasteiger partial charge in [0.2, 0.25) is 0 Å². The Kier molecular flexibility index (Phi) is 4.86. The van der Waals surface area contributed by atoms with Crippen molar-refractivity contribution in [3.63, 3.8) is 0 Å². The van der Waals surface area contributed by atoms with Crippen LogP contribution < -0.4 is 10.1 Å². The van der Waals surface area contributed by atoms with Gasteiger partial charge in [-0.05, 0) is 43.2 Å². The minimum atomic E-state index is -0.238. The molecule has 1 aromatic carbocycles. The molecule has 1 N–H and O–H groups in total. The first-order chi connectivity index (χ1) is 11.6. The number of pyridine rings is 1. The number of amides is 1. The molecule has 0 radical (unpaired) electrons. The van der Waals surface area contributed by atoms with E-state index in [-0.39, 0.29) is 12.5 Å². The van der Waals surface area contributed by atoms with Crippen molar-refractivity contribution in [2.45, 2.75) is 13.8 Å². The Bertz CT molecular complexity index is 846. The van der Waals surface area contributed by atoms with Crippen LogP contribution in [-0.2, 0) is 4.79 Å². The van der Waals surface area contributed by atoms with Crippen LogP contribution in [0.25, 0.3) is 11.4 Å². The van der Waals surface area contributed by atoms with Gasteiger partial charge in [-0.3, -0.25) is 15.1 Å². The summed E-state index contributed by atoms with van der Waals surface area (Å²) < 4.78 is 5.60. The predicted octanol–water partition coefficient (Wildman–Crippen LogP) is 3.84. The van der Waals surface area contributed by atoms with Crippen LogP contribution in [0.3, 0.4) is 0 Å². The molecule has 0 saturated carbocycles. The zero-order valence-corrected chi connectivity index (χ0v) is 14.3. The summed E-state index contributed by atoms with van der Waals surface area (Å²) in [6, 6.07) is 11.5. The van der Waals surface area contributed by atoms with Crippen molar-refractivity contribution in [2.24, 2.45) is 0 Å². The van der Waals surface area contributed by atoms with Gasteiger partial charge in [0.1, 0.15) is 11.4 Å². The number of thiazole rings is 1. The van der Waals surface area contributed by atoms with Crippen LogP contribution in [0, 0.1) is 13.8 Å². The molecule has 0 fully saturated rings. The van der Waals surface area contributed by atoms with Crippen LogP contribution in [0.1, 0.15) is 11.1 Å². The van der Waals surface area contributed by atoms with Gasteiger partial charge < -0.3 is 4.74 Å². The van der Waals surface area contributed by atoms with E-state index >= 15 is 0 Å². The number of hydrogen-bond donors (Lipinski definition) is 1. The normalized spacial score (nSPS) is 10.4. The average molecular weight is 339 g/mol. The van der Waals surface area contributed by atoms with Crippen molar-refractivity contribution in [2.75, 3.05) is 11.9 Å². The Morgan fingerprint density at radius 1 is 1.21 bits per heavy atom. The van der Waals surface area contributed by atoms with Crippen molar-refractivity contribution in [1.82, 2.24) is 9.97 Å². The van der Waals surface area contributed by atoms with Crippen LogP contribution >= 0.6 is 11.3 Å². The highest BCUT2D eigenvalue weighted by atomic mass is 32.1. The second-order valence-electron chi connectivity index (χ2n) is 5.36. The van der Waals surface area contributed by atoms with E-state index < -0.39 is 0 Å². The molecule has 5 nitrogen and oxygen atoms in total. The standard InChI is InChI=1S/C18H17N3O2S/c1-12-6-7-13(2)16(9-12)23-10-17(22)21-18-20-15(11-24-18)14-5-3-4-8-19-14/h3-9,11H,10H2,1-2H3,(H,20,21,22). The third-order valence-electron chi connectivity index (χ3n) is 3.38. The zero-order chi connectivity index (χ0) is 16.9. The quantitative estimate of drug-likeness (QED) is 0.767. The molecule has 3 rings (SSSR count). The minimum absolute atomic E-state index is 0.0528. The van der Waals surface area contributed by atoms with E-state index in [1.807, 2.05) is 55.6 Å². The Morgan fingerprint density at radius 3 is 2.88 bits per heavy atom. The molecule has 0 saturated heterocycles. The van der Waals surface area contributed by atoms with Gasteiger partial charge in [0.15, 0.2) is 11.7 Å². The van der Waals surface area contributed by atoms with Crippen molar-refractivity contribution < 1.29 is 9.53 Å². The molecular formula is C18H17N3O2S. The van der Waals surface area contributed by atoms with E-state index in [1.165, 1.54) is 11.3 Å². The maximum absolute atomic E-state index is 12.0. The highest BCUT2D eigenvalue weighted by molar-refractivity contribution is 7.14. The summed E-state index contributed by atoms with van der Waals surface area (Å²) in [5.74, 6) is 0.483. The zero-order valence-electron chi connectivity index (χ0n) is 13.4. The number of anilines is 1. The average Bonchev–Trinajstić information content (AvgIpc) is 3.05. The van der Waals surface area contributed by atoms with Crippen molar-refractivity contribution in [3.8, 4) is 17.1 Å². The maximum atomic E-state index is 12.0. The van der Waals surface area contributed by atoms with Crippen molar-refractivity contribution >= 4 is 22.4 Å². The predicted molar refractivity (Wildman–Crippen MR) is 95.4 cm³/mol. The molecule has 0 spiro atoms. The van der Waals surface area contributed by atoms with Crippen LogP contribution in [0.15, 0.2) is 48.0 Å². The first kappa shape index (κ1) is 16.1. The number of rotatable bonds is 5. The SMILES string of the molecule is Cc1ccc(C)c(OCC(=O)Nc2nc(-c3ccccn3)cs2)c1. The van der Waals surface area contributed by atoms with Gasteiger partial charge in [-0.25, -0.2) is 4.98 Å². The van der Waals surface area contributed by atoms with Gasteiger partial charge in [-0.15, -0.1) is 11.3 Å². The fourth-order valence-corrected chi connectivity index (χ4v) is 2.85. The monoisotopic (exact) mass is 339 g/mol. The second kappa shape index (κ2) is 7.23. The molecule has 122 valence electrons. The molecule has 2 heterocycles. The lowest BCUT2D eigenvalue weighted by Crippen LogP contribution is -2.20. The van der Waals surface area contributed by atoms with Gasteiger partial charge in [-0.1, -0.05) is 18.2 Å². The number of aromatic nitrogens is 2. The highest BCUT2D eigenvalue weighted by Gasteiger charge is 2.10. The van der Waals surface area contributed by atoms with Crippen molar-refractivity contribution in [3.05, 3.63) is 59.1 Å². The third-order valence-corrected chi connectivity index (χ3v) is 4.14. The number of carbonyl (C=O) groups is 1. The Balaban J connectivity index is 1.59. The topological polar surface area (TPSA) is 64.1 Å². The first-order valence-corrected chi connectivity index (χ1v) is 8.36. The Morgan fingerprint density at radius 2 is 2.08 bits per heavy atom. The molecule has 0 aliphatic heterocycles. The minimum Gasteiger partial charge on any atom is -0.483 e. The van der Waals surface area contributed by atoms with Gasteiger partial charge >= 0.3 is 0 Å². The molecule has 24 heavy (non-hydrogen) atoms. The number of aryl methyl sites for hydroxylation is 2. The fourth-order valence-electron chi connectivity index (χ4n) is 2.12. The van der Waals surface area contributed by atoms with E-state index in [4.69, 9.17) is 4.74 Å². The number of ether oxygens (including phenoxy) is 1. The molecule has 6 heteroatoms. The molecule has 0 unspecified atom stereocenters. The highest BCUT2D eigenvalue weighted by Crippen LogP contribution is 2.23. The lowest BCUT2D eigenvalue weighted by atomic mass is 10.1. The lowest BCUT2D eigenvalue weighted by molar-refractivity contribution is -0.118. The van der Waals surface area contributed by atoms with Gasteiger partial charge in [-0.2, -0.15) is 0 Å². The summed E-state index contributed by atoms with van der Waals surface area (Å²) in [5, 5.41) is 5.15. The number of hydrogen-bond acceptors (Lipinski definition) is 5. The molecule has 1 amide bonds. The number of benzene rings is 1. The summed E-state index contributed by atoms with van der Waals surface area (Å²) in [4.78, 5) is 20.7. The smallest absolute Gasteiger partial charge is 0.264 e. The van der Waals surface area contributed by atoms with Gasteiger partial charge in [0.05, 0.1) is 5.69 Å². The summed E-state index contributed by atoms with van der Waals surface area (Å²) in [6.45, 7) is 3.89. The molecule has 3 aromatic rings. The van der Waals surface area contributed by atoms with E-state index in [9.17, 15) is 4.79 Å². The fraction of sp³-hybridized carbons (Fsp3) is 0.167.